The maximum absolute atomic E-state index is 11.9. The molecule has 0 bridgehead atoms. The van der Waals surface area contributed by atoms with E-state index in [0.29, 0.717) is 17.8 Å². The quantitative estimate of drug-likeness (QED) is 0.781. The average Bonchev–Trinajstić information content (AvgIpc) is 3.00. The molecule has 0 saturated carbocycles. The van der Waals surface area contributed by atoms with Gasteiger partial charge < -0.3 is 10.6 Å². The van der Waals surface area contributed by atoms with Crippen LogP contribution in [0.1, 0.15) is 10.4 Å². The van der Waals surface area contributed by atoms with Gasteiger partial charge in [-0.15, -0.1) is 11.3 Å². The smallest absolute Gasteiger partial charge is 0.319 e. The Labute approximate surface area is 133 Å². The molecular formula is C14H17N3O3S2. The number of sulfonamides is 1. The van der Waals surface area contributed by atoms with E-state index in [1.54, 1.807) is 30.4 Å². The number of nitrogens with one attached hydrogen (secondary N) is 3. The first-order valence-corrected chi connectivity index (χ1v) is 8.90. The van der Waals surface area contributed by atoms with E-state index in [0.717, 1.165) is 4.88 Å². The number of benzene rings is 1. The molecule has 0 radical (unpaired) electrons. The fourth-order valence-corrected chi connectivity index (χ4v) is 3.47. The lowest BCUT2D eigenvalue weighted by Crippen LogP contribution is -2.28. The minimum absolute atomic E-state index is 0.144. The van der Waals surface area contributed by atoms with Crippen molar-refractivity contribution < 1.29 is 13.2 Å². The van der Waals surface area contributed by atoms with Crippen molar-refractivity contribution in [2.75, 3.05) is 12.4 Å². The van der Waals surface area contributed by atoms with Gasteiger partial charge in [0.1, 0.15) is 0 Å². The van der Waals surface area contributed by atoms with E-state index in [9.17, 15) is 13.2 Å². The number of rotatable bonds is 5. The summed E-state index contributed by atoms with van der Waals surface area (Å²) < 4.78 is 26.1. The predicted octanol–water partition coefficient (Wildman–Crippen LogP) is 2.29. The van der Waals surface area contributed by atoms with Gasteiger partial charge in [0.2, 0.25) is 10.0 Å². The zero-order valence-electron chi connectivity index (χ0n) is 12.2. The van der Waals surface area contributed by atoms with Gasteiger partial charge in [-0.3, -0.25) is 0 Å². The molecule has 1 aromatic carbocycles. The van der Waals surface area contributed by atoms with Crippen molar-refractivity contribution in [3.63, 3.8) is 0 Å². The van der Waals surface area contributed by atoms with Crippen LogP contribution >= 0.6 is 11.3 Å². The molecule has 8 heteroatoms. The topological polar surface area (TPSA) is 87.3 Å². The van der Waals surface area contributed by atoms with Crippen LogP contribution in [0.2, 0.25) is 0 Å². The van der Waals surface area contributed by atoms with Gasteiger partial charge in [-0.25, -0.2) is 17.9 Å². The van der Waals surface area contributed by atoms with Crippen molar-refractivity contribution in [2.24, 2.45) is 0 Å². The molecule has 118 valence electrons. The molecule has 1 aromatic heterocycles. The Bertz CT molecular complexity index is 756. The molecule has 1 heterocycles. The van der Waals surface area contributed by atoms with E-state index in [1.165, 1.54) is 13.1 Å². The summed E-state index contributed by atoms with van der Waals surface area (Å²) in [5.74, 6) is 0. The second-order valence-electron chi connectivity index (χ2n) is 4.57. The maximum atomic E-state index is 11.9. The van der Waals surface area contributed by atoms with Crippen molar-refractivity contribution in [1.29, 1.82) is 0 Å². The molecule has 0 atom stereocenters. The molecule has 0 aliphatic heterocycles. The van der Waals surface area contributed by atoms with Crippen LogP contribution in [0.5, 0.6) is 0 Å². The minimum Gasteiger partial charge on any atom is -0.333 e. The number of urea groups is 1. The summed E-state index contributed by atoms with van der Waals surface area (Å²) in [4.78, 5) is 13.0. The van der Waals surface area contributed by atoms with Gasteiger partial charge in [-0.1, -0.05) is 12.1 Å². The van der Waals surface area contributed by atoms with Gasteiger partial charge in [0.25, 0.3) is 0 Å². The summed E-state index contributed by atoms with van der Waals surface area (Å²) >= 11 is 1.55. The lowest BCUT2D eigenvalue weighted by Gasteiger charge is -2.11. The van der Waals surface area contributed by atoms with Crippen LogP contribution in [0.3, 0.4) is 0 Å². The first-order valence-electron chi connectivity index (χ1n) is 6.54. The van der Waals surface area contributed by atoms with Gasteiger partial charge in [0, 0.05) is 10.6 Å². The molecule has 0 saturated heterocycles. The van der Waals surface area contributed by atoms with Crippen molar-refractivity contribution in [2.45, 2.75) is 18.4 Å². The Morgan fingerprint density at radius 2 is 2.05 bits per heavy atom. The summed E-state index contributed by atoms with van der Waals surface area (Å²) in [6, 6.07) is 8.20. The molecule has 2 aromatic rings. The Hall–Kier alpha value is -1.90. The normalized spacial score (nSPS) is 11.2. The predicted molar refractivity (Wildman–Crippen MR) is 87.6 cm³/mol. The minimum atomic E-state index is -3.55. The highest BCUT2D eigenvalue weighted by atomic mass is 32.2. The zero-order valence-corrected chi connectivity index (χ0v) is 13.8. The molecule has 6 nitrogen and oxygen atoms in total. The van der Waals surface area contributed by atoms with Crippen LogP contribution in [0, 0.1) is 6.92 Å². The second-order valence-corrected chi connectivity index (χ2v) is 7.46. The first kappa shape index (κ1) is 16.5. The summed E-state index contributed by atoms with van der Waals surface area (Å²) in [5.41, 5.74) is 1.03. The second kappa shape index (κ2) is 6.91. The monoisotopic (exact) mass is 339 g/mol. The zero-order chi connectivity index (χ0) is 16.2. The molecule has 0 unspecified atom stereocenters. The third kappa shape index (κ3) is 4.06. The molecule has 22 heavy (non-hydrogen) atoms. The van der Waals surface area contributed by atoms with E-state index < -0.39 is 10.0 Å². The standard InChI is InChI=1S/C14H17N3O3S2/c1-10-5-6-11(8-13(10)22(19,20)15-2)17-14(18)16-9-12-4-3-7-21-12/h3-8,15H,9H2,1-2H3,(H2,16,17,18). The van der Waals surface area contributed by atoms with Gasteiger partial charge in [-0.05, 0) is 43.1 Å². The largest absolute Gasteiger partial charge is 0.333 e. The van der Waals surface area contributed by atoms with Gasteiger partial charge in [-0.2, -0.15) is 0 Å². The van der Waals surface area contributed by atoms with Crippen LogP contribution in [-0.2, 0) is 16.6 Å². The fourth-order valence-electron chi connectivity index (χ4n) is 1.83. The highest BCUT2D eigenvalue weighted by molar-refractivity contribution is 7.89. The fraction of sp³-hybridized carbons (Fsp3) is 0.214. The molecule has 0 aliphatic carbocycles. The van der Waals surface area contributed by atoms with E-state index in [1.807, 2.05) is 17.5 Å². The van der Waals surface area contributed by atoms with Crippen LogP contribution in [0.25, 0.3) is 0 Å². The molecule has 0 fully saturated rings. The number of hydrogen-bond acceptors (Lipinski definition) is 4. The molecule has 0 aliphatic rings. The highest BCUT2D eigenvalue weighted by Crippen LogP contribution is 2.19. The van der Waals surface area contributed by atoms with E-state index in [-0.39, 0.29) is 10.9 Å². The molecular weight excluding hydrogens is 322 g/mol. The first-order chi connectivity index (χ1) is 10.4. The number of carbonyl (C=O) groups is 1. The Morgan fingerprint density at radius 1 is 1.27 bits per heavy atom. The SMILES string of the molecule is CNS(=O)(=O)c1cc(NC(=O)NCc2cccs2)ccc1C. The van der Waals surface area contributed by atoms with E-state index in [2.05, 4.69) is 15.4 Å². The summed E-state index contributed by atoms with van der Waals surface area (Å²) in [7, 11) is -2.21. The van der Waals surface area contributed by atoms with Crippen molar-refractivity contribution >= 4 is 33.1 Å². The third-order valence-electron chi connectivity index (χ3n) is 3.01. The lowest BCUT2D eigenvalue weighted by atomic mass is 10.2. The Balaban J connectivity index is 2.06. The van der Waals surface area contributed by atoms with Crippen LogP contribution in [0.4, 0.5) is 10.5 Å². The highest BCUT2D eigenvalue weighted by Gasteiger charge is 2.15. The molecule has 0 spiro atoms. The van der Waals surface area contributed by atoms with E-state index >= 15 is 0 Å². The van der Waals surface area contributed by atoms with Crippen LogP contribution in [-0.4, -0.2) is 21.5 Å². The van der Waals surface area contributed by atoms with Gasteiger partial charge in [0.05, 0.1) is 11.4 Å². The molecule has 2 amide bonds. The van der Waals surface area contributed by atoms with Crippen molar-refractivity contribution in [3.05, 3.63) is 46.2 Å². The molecule has 2 rings (SSSR count). The maximum Gasteiger partial charge on any atom is 0.319 e. The number of anilines is 1. The lowest BCUT2D eigenvalue weighted by molar-refractivity contribution is 0.252. The van der Waals surface area contributed by atoms with Crippen LogP contribution in [0.15, 0.2) is 40.6 Å². The summed E-state index contributed by atoms with van der Waals surface area (Å²) in [5, 5.41) is 7.28. The van der Waals surface area contributed by atoms with Gasteiger partial charge in [0.15, 0.2) is 0 Å². The van der Waals surface area contributed by atoms with Crippen LogP contribution < -0.4 is 15.4 Å². The number of aryl methyl sites for hydroxylation is 1. The Kier molecular flexibility index (Phi) is 5.17. The third-order valence-corrected chi connectivity index (χ3v) is 5.44. The summed E-state index contributed by atoms with van der Waals surface area (Å²) in [6.07, 6.45) is 0. The van der Waals surface area contributed by atoms with Crippen molar-refractivity contribution in [1.82, 2.24) is 10.0 Å². The number of hydrogen-bond donors (Lipinski definition) is 3. The Morgan fingerprint density at radius 3 is 2.68 bits per heavy atom. The average molecular weight is 339 g/mol. The number of amides is 2. The van der Waals surface area contributed by atoms with Gasteiger partial charge >= 0.3 is 6.03 Å². The van der Waals surface area contributed by atoms with Crippen molar-refractivity contribution in [3.8, 4) is 0 Å². The van der Waals surface area contributed by atoms with E-state index in [4.69, 9.17) is 0 Å². The summed E-state index contributed by atoms with van der Waals surface area (Å²) in [6.45, 7) is 2.13. The number of carbonyl (C=O) groups excluding carboxylic acids is 1. The molecule has 3 N–H and O–H groups in total. The number of thiophene rings is 1.